The van der Waals surface area contributed by atoms with Crippen LogP contribution in [0.1, 0.15) is 13.0 Å². The van der Waals surface area contributed by atoms with Crippen molar-refractivity contribution in [2.45, 2.75) is 19.5 Å². The van der Waals surface area contributed by atoms with Gasteiger partial charge in [-0.25, -0.2) is 22.7 Å². The Morgan fingerprint density at radius 3 is 2.62 bits per heavy atom. The topological polar surface area (TPSA) is 82.2 Å². The summed E-state index contributed by atoms with van der Waals surface area (Å²) in [6.07, 6.45) is 7.25. The Balaban J connectivity index is 1.91. The highest BCUT2D eigenvalue weighted by atomic mass is 32.2. The molecule has 1 saturated heterocycles. The van der Waals surface area contributed by atoms with Crippen molar-refractivity contribution < 1.29 is 13.2 Å². The highest BCUT2D eigenvalue weighted by Crippen LogP contribution is 2.31. The van der Waals surface area contributed by atoms with Crippen LogP contribution in [-0.2, 0) is 21.3 Å². The van der Waals surface area contributed by atoms with Gasteiger partial charge in [-0.15, -0.1) is 0 Å². The van der Waals surface area contributed by atoms with Gasteiger partial charge < -0.3 is 13.9 Å². The van der Waals surface area contributed by atoms with E-state index in [4.69, 9.17) is 4.74 Å². The second kappa shape index (κ2) is 6.66. The summed E-state index contributed by atoms with van der Waals surface area (Å²) in [6.45, 7) is 3.74. The van der Waals surface area contributed by atoms with E-state index in [1.54, 1.807) is 26.5 Å². The molecule has 0 N–H and O–H groups in total. The molecule has 0 saturated carbocycles. The summed E-state index contributed by atoms with van der Waals surface area (Å²) < 4.78 is 35.4. The number of imidazole rings is 2. The number of sulfonamides is 1. The maximum absolute atomic E-state index is 12.2. The summed E-state index contributed by atoms with van der Waals surface area (Å²) in [4.78, 5) is 8.84. The van der Waals surface area contributed by atoms with Crippen molar-refractivity contribution in [2.24, 2.45) is 5.92 Å². The van der Waals surface area contributed by atoms with Gasteiger partial charge in [-0.3, -0.25) is 0 Å². The summed E-state index contributed by atoms with van der Waals surface area (Å²) in [7, 11) is -0.174. The second-order valence-electron chi connectivity index (χ2n) is 6.12. The normalized spacial score (nSPS) is 21.7. The predicted octanol–water partition coefficient (Wildman–Crippen LogP) is 0.845. The molecule has 0 aromatic carbocycles. The summed E-state index contributed by atoms with van der Waals surface area (Å²) in [5, 5.41) is 0. The van der Waals surface area contributed by atoms with Crippen LogP contribution in [-0.4, -0.2) is 64.9 Å². The fraction of sp³-hybridized carbons (Fsp3) is 0.600. The molecular formula is C15H23N5O3S. The average molecular weight is 353 g/mol. The Morgan fingerprint density at radius 2 is 1.92 bits per heavy atom. The molecule has 0 spiro atoms. The Bertz CT molecular complexity index is 796. The smallest absolute Gasteiger partial charge is 0.214 e. The van der Waals surface area contributed by atoms with E-state index >= 15 is 0 Å². The van der Waals surface area contributed by atoms with Crippen LogP contribution in [0.3, 0.4) is 0 Å². The maximum atomic E-state index is 12.2. The van der Waals surface area contributed by atoms with Crippen molar-refractivity contribution in [1.29, 1.82) is 0 Å². The van der Waals surface area contributed by atoms with E-state index in [-0.39, 0.29) is 17.7 Å². The van der Waals surface area contributed by atoms with Gasteiger partial charge in [0.05, 0.1) is 25.0 Å². The lowest BCUT2D eigenvalue weighted by Crippen LogP contribution is -2.32. The Hall–Kier alpha value is -1.71. The number of nitrogens with zero attached hydrogens (tertiary/aromatic N) is 5. The Morgan fingerprint density at radius 1 is 1.21 bits per heavy atom. The molecular weight excluding hydrogens is 330 g/mol. The molecule has 1 aliphatic rings. The SMILES string of the molecule is CCn1ccnc1-c1nccn1[C@@H]1COC[C@@H]1CS(=O)(=O)N(C)C. The lowest BCUT2D eigenvalue weighted by molar-refractivity contribution is 0.182. The van der Waals surface area contributed by atoms with Crippen LogP contribution in [0, 0.1) is 5.92 Å². The summed E-state index contributed by atoms with van der Waals surface area (Å²) in [5.41, 5.74) is 0. The molecule has 2 atom stereocenters. The number of rotatable bonds is 6. The van der Waals surface area contributed by atoms with Gasteiger partial charge in [0.1, 0.15) is 0 Å². The number of ether oxygens (including phenoxy) is 1. The molecule has 2 aromatic rings. The fourth-order valence-corrected chi connectivity index (χ4v) is 4.16. The number of aromatic nitrogens is 4. The molecule has 0 aliphatic carbocycles. The van der Waals surface area contributed by atoms with Gasteiger partial charge in [-0.05, 0) is 6.92 Å². The summed E-state index contributed by atoms with van der Waals surface area (Å²) >= 11 is 0. The third-order valence-corrected chi connectivity index (χ3v) is 6.39. The van der Waals surface area contributed by atoms with E-state index in [1.807, 2.05) is 28.5 Å². The summed E-state index contributed by atoms with van der Waals surface area (Å²) in [6, 6.07) is -0.0702. The van der Waals surface area contributed by atoms with Gasteiger partial charge in [0.2, 0.25) is 10.0 Å². The second-order valence-corrected chi connectivity index (χ2v) is 8.35. The van der Waals surface area contributed by atoms with E-state index in [0.29, 0.717) is 13.2 Å². The van der Waals surface area contributed by atoms with Gasteiger partial charge >= 0.3 is 0 Å². The third kappa shape index (κ3) is 3.11. The first kappa shape index (κ1) is 17.1. The van der Waals surface area contributed by atoms with E-state index < -0.39 is 10.0 Å². The lowest BCUT2D eigenvalue weighted by atomic mass is 10.1. The zero-order valence-corrected chi connectivity index (χ0v) is 15.0. The van der Waals surface area contributed by atoms with Crippen LogP contribution in [0.5, 0.6) is 0 Å². The molecule has 132 valence electrons. The van der Waals surface area contributed by atoms with E-state index in [9.17, 15) is 8.42 Å². The largest absolute Gasteiger partial charge is 0.379 e. The maximum Gasteiger partial charge on any atom is 0.214 e. The van der Waals surface area contributed by atoms with E-state index in [0.717, 1.165) is 18.2 Å². The Labute approximate surface area is 142 Å². The first-order chi connectivity index (χ1) is 11.4. The van der Waals surface area contributed by atoms with Crippen LogP contribution in [0.4, 0.5) is 0 Å². The van der Waals surface area contributed by atoms with Crippen LogP contribution in [0.2, 0.25) is 0 Å². The first-order valence-corrected chi connectivity index (χ1v) is 9.57. The van der Waals surface area contributed by atoms with Crippen LogP contribution in [0.25, 0.3) is 11.6 Å². The molecule has 1 aliphatic heterocycles. The lowest BCUT2D eigenvalue weighted by Gasteiger charge is -2.22. The van der Waals surface area contributed by atoms with E-state index in [2.05, 4.69) is 9.97 Å². The van der Waals surface area contributed by atoms with Crippen LogP contribution < -0.4 is 0 Å². The molecule has 0 radical (unpaired) electrons. The molecule has 8 nitrogen and oxygen atoms in total. The highest BCUT2D eigenvalue weighted by Gasteiger charge is 2.35. The van der Waals surface area contributed by atoms with Crippen LogP contribution in [0.15, 0.2) is 24.8 Å². The molecule has 1 fully saturated rings. The summed E-state index contributed by atoms with van der Waals surface area (Å²) in [5.74, 6) is 1.47. The molecule has 24 heavy (non-hydrogen) atoms. The minimum Gasteiger partial charge on any atom is -0.379 e. The molecule has 3 rings (SSSR count). The first-order valence-electron chi connectivity index (χ1n) is 7.96. The van der Waals surface area contributed by atoms with Crippen molar-refractivity contribution in [2.75, 3.05) is 33.1 Å². The zero-order valence-electron chi connectivity index (χ0n) is 14.2. The quantitative estimate of drug-likeness (QED) is 0.769. The van der Waals surface area contributed by atoms with Crippen molar-refractivity contribution in [1.82, 2.24) is 23.4 Å². The van der Waals surface area contributed by atoms with Crippen LogP contribution >= 0.6 is 0 Å². The minimum absolute atomic E-state index is 0.0600. The standard InChI is InChI=1S/C15H23N5O3S/c1-4-19-7-5-16-14(19)15-17-6-8-20(15)13-10-23-9-12(13)11-24(21,22)18(2)3/h5-8,12-13H,4,9-11H2,1-3H3/t12-,13-/m1/s1. The Kier molecular flexibility index (Phi) is 4.75. The minimum atomic E-state index is -3.29. The predicted molar refractivity (Wildman–Crippen MR) is 89.9 cm³/mol. The molecule has 0 unspecified atom stereocenters. The van der Waals surface area contributed by atoms with Gasteiger partial charge in [0.15, 0.2) is 11.6 Å². The molecule has 9 heteroatoms. The molecule has 0 amide bonds. The molecule has 2 aromatic heterocycles. The number of hydrogen-bond acceptors (Lipinski definition) is 5. The van der Waals surface area contributed by atoms with Crippen molar-refractivity contribution in [3.8, 4) is 11.6 Å². The van der Waals surface area contributed by atoms with Gasteiger partial charge in [0.25, 0.3) is 0 Å². The number of aryl methyl sites for hydroxylation is 1. The van der Waals surface area contributed by atoms with Crippen molar-refractivity contribution in [3.05, 3.63) is 24.8 Å². The van der Waals surface area contributed by atoms with Gasteiger partial charge in [0, 0.05) is 51.3 Å². The molecule has 0 bridgehead atoms. The van der Waals surface area contributed by atoms with Crippen molar-refractivity contribution >= 4 is 10.0 Å². The molecule has 3 heterocycles. The van der Waals surface area contributed by atoms with Gasteiger partial charge in [-0.2, -0.15) is 0 Å². The zero-order chi connectivity index (χ0) is 17.3. The fourth-order valence-electron chi connectivity index (χ4n) is 3.00. The third-order valence-electron chi connectivity index (χ3n) is 4.43. The van der Waals surface area contributed by atoms with Crippen molar-refractivity contribution in [3.63, 3.8) is 0 Å². The average Bonchev–Trinajstić information content (AvgIpc) is 3.25. The van der Waals surface area contributed by atoms with Gasteiger partial charge in [-0.1, -0.05) is 0 Å². The monoisotopic (exact) mass is 353 g/mol. The number of hydrogen-bond donors (Lipinski definition) is 0. The highest BCUT2D eigenvalue weighted by molar-refractivity contribution is 7.89. The van der Waals surface area contributed by atoms with E-state index in [1.165, 1.54) is 4.31 Å².